The number of carboxylic acids is 1. The van der Waals surface area contributed by atoms with Crippen LogP contribution in [0.15, 0.2) is 60.7 Å². The number of hydrogen-bond acceptors (Lipinski definition) is 5. The highest BCUT2D eigenvalue weighted by molar-refractivity contribution is 7.21. The quantitative estimate of drug-likeness (QED) is 0.277. The van der Waals surface area contributed by atoms with Crippen LogP contribution in [0.5, 0.6) is 5.75 Å². The highest BCUT2D eigenvalue weighted by atomic mass is 35.5. The number of nitrogens with zero attached hydrogens (tertiary/aromatic N) is 2. The van der Waals surface area contributed by atoms with Crippen molar-refractivity contribution >= 4 is 61.8 Å². The Labute approximate surface area is 255 Å². The second-order valence-electron chi connectivity index (χ2n) is 10.5. The van der Waals surface area contributed by atoms with Gasteiger partial charge in [0.25, 0.3) is 0 Å². The minimum absolute atomic E-state index is 0.00505. The number of carbonyl (C=O) groups is 3. The van der Waals surface area contributed by atoms with Crippen molar-refractivity contribution in [3.63, 3.8) is 0 Å². The van der Waals surface area contributed by atoms with Crippen molar-refractivity contribution in [1.82, 2.24) is 4.90 Å². The molecule has 2 aliphatic rings. The molecule has 220 valence electrons. The highest BCUT2D eigenvalue weighted by Gasteiger charge is 2.52. The van der Waals surface area contributed by atoms with Crippen molar-refractivity contribution in [2.75, 3.05) is 30.2 Å². The van der Waals surface area contributed by atoms with E-state index in [0.29, 0.717) is 28.9 Å². The summed E-state index contributed by atoms with van der Waals surface area (Å²) in [5, 5.41) is 12.6. The lowest BCUT2D eigenvalue weighted by Gasteiger charge is -2.29. The van der Waals surface area contributed by atoms with Crippen LogP contribution in [0.3, 0.4) is 0 Å². The predicted molar refractivity (Wildman–Crippen MR) is 163 cm³/mol. The molecule has 2 amide bonds. The average Bonchev–Trinajstić information content (AvgIpc) is 3.71. The van der Waals surface area contributed by atoms with Crippen LogP contribution in [0.1, 0.15) is 34.7 Å². The number of anilines is 2. The standard InChI is InChI=1S/C30H29Cl2FN3O5P/c1-41-24-12-17(30(39)40)10-11-23(24)36(42)29(38)21-15-35(14-16-8-9-16)27(25(21)20-6-3-7-22(32)26(20)33)28(37)34-19-5-2-4-18(31)13-19/h2-7,10-13,16,21,25,27H,8-9,14-15,42H2,1H3,(H,34,37)(H,39,40)/t21-,25+,27?/m1/s1. The molecule has 1 saturated heterocycles. The second kappa shape index (κ2) is 12.6. The van der Waals surface area contributed by atoms with Crippen LogP contribution in [0.2, 0.25) is 10.0 Å². The van der Waals surface area contributed by atoms with Gasteiger partial charge in [0.05, 0.1) is 35.3 Å². The van der Waals surface area contributed by atoms with E-state index in [4.69, 9.17) is 27.9 Å². The molecule has 2 fully saturated rings. The van der Waals surface area contributed by atoms with Crippen molar-refractivity contribution in [3.05, 3.63) is 87.7 Å². The minimum atomic E-state index is -1.14. The first-order chi connectivity index (χ1) is 20.1. The molecule has 2 N–H and O–H groups in total. The molecule has 1 saturated carbocycles. The maximum absolute atomic E-state index is 15.7. The Kier molecular flexibility index (Phi) is 9.04. The van der Waals surface area contributed by atoms with Crippen LogP contribution in [0.25, 0.3) is 0 Å². The van der Waals surface area contributed by atoms with Crippen LogP contribution in [0.4, 0.5) is 15.8 Å². The highest BCUT2D eigenvalue weighted by Crippen LogP contribution is 2.45. The third-order valence-corrected chi connectivity index (χ3v) is 8.79. The van der Waals surface area contributed by atoms with E-state index < -0.39 is 41.5 Å². The van der Waals surface area contributed by atoms with E-state index in [-0.39, 0.29) is 28.4 Å². The number of rotatable bonds is 9. The number of methoxy groups -OCH3 is 1. The molecule has 42 heavy (non-hydrogen) atoms. The number of carboxylic acid groups (broad SMARTS) is 1. The molecule has 0 aromatic heterocycles. The Morgan fingerprint density at radius 2 is 1.86 bits per heavy atom. The average molecular weight is 632 g/mol. The summed E-state index contributed by atoms with van der Waals surface area (Å²) in [5.74, 6) is -3.82. The fourth-order valence-corrected chi connectivity index (χ4v) is 6.34. The van der Waals surface area contributed by atoms with Crippen LogP contribution >= 0.6 is 32.6 Å². The van der Waals surface area contributed by atoms with Crippen molar-refractivity contribution in [2.24, 2.45) is 11.8 Å². The zero-order valence-electron chi connectivity index (χ0n) is 22.6. The summed E-state index contributed by atoms with van der Waals surface area (Å²) in [6.45, 7) is 0.767. The van der Waals surface area contributed by atoms with Gasteiger partial charge in [0, 0.05) is 29.7 Å². The Morgan fingerprint density at radius 1 is 1.12 bits per heavy atom. The first-order valence-electron chi connectivity index (χ1n) is 13.3. The summed E-state index contributed by atoms with van der Waals surface area (Å²) in [6, 6.07) is 14.6. The molecular weight excluding hydrogens is 603 g/mol. The fraction of sp³-hybridized carbons (Fsp3) is 0.300. The first-order valence-corrected chi connectivity index (χ1v) is 14.6. The van der Waals surface area contributed by atoms with Gasteiger partial charge in [0.1, 0.15) is 11.6 Å². The van der Waals surface area contributed by atoms with Crippen molar-refractivity contribution in [1.29, 1.82) is 0 Å². The molecule has 4 atom stereocenters. The summed E-state index contributed by atoms with van der Waals surface area (Å²) in [7, 11) is 3.73. The predicted octanol–water partition coefficient (Wildman–Crippen LogP) is 6.10. The number of ether oxygens (including phenoxy) is 1. The maximum atomic E-state index is 15.7. The Balaban J connectivity index is 1.56. The number of carbonyl (C=O) groups excluding carboxylic acids is 2. The molecule has 0 bridgehead atoms. The van der Waals surface area contributed by atoms with Crippen LogP contribution in [-0.2, 0) is 9.59 Å². The summed E-state index contributed by atoms with van der Waals surface area (Å²) in [5.41, 5.74) is 0.949. The molecular formula is C30H29Cl2FN3O5P. The van der Waals surface area contributed by atoms with E-state index in [2.05, 4.69) is 14.7 Å². The molecule has 2 unspecified atom stereocenters. The maximum Gasteiger partial charge on any atom is 0.335 e. The van der Waals surface area contributed by atoms with Gasteiger partial charge in [0.15, 0.2) is 0 Å². The topological polar surface area (TPSA) is 99.2 Å². The van der Waals surface area contributed by atoms with Gasteiger partial charge in [-0.3, -0.25) is 19.2 Å². The van der Waals surface area contributed by atoms with Crippen LogP contribution in [0, 0.1) is 17.7 Å². The summed E-state index contributed by atoms with van der Waals surface area (Å²) >= 11 is 12.3. The molecule has 12 heteroatoms. The monoisotopic (exact) mass is 631 g/mol. The van der Waals surface area contributed by atoms with E-state index in [9.17, 15) is 19.5 Å². The normalized spacial score (nSPS) is 20.3. The molecule has 3 aromatic rings. The zero-order chi connectivity index (χ0) is 30.1. The fourth-order valence-electron chi connectivity index (χ4n) is 5.56. The van der Waals surface area contributed by atoms with E-state index in [1.165, 1.54) is 36.0 Å². The van der Waals surface area contributed by atoms with Gasteiger partial charge in [-0.1, -0.05) is 41.4 Å². The molecule has 1 aliphatic heterocycles. The lowest BCUT2D eigenvalue weighted by atomic mass is 9.82. The van der Waals surface area contributed by atoms with Gasteiger partial charge < -0.3 is 15.2 Å². The number of likely N-dealkylation sites (tertiary alicyclic amines) is 1. The van der Waals surface area contributed by atoms with E-state index in [1.54, 1.807) is 36.4 Å². The number of amides is 2. The number of benzene rings is 3. The number of nitrogens with one attached hydrogen (secondary N) is 1. The molecule has 1 heterocycles. The molecule has 1 aliphatic carbocycles. The summed E-state index contributed by atoms with van der Waals surface area (Å²) in [4.78, 5) is 41.6. The van der Waals surface area contributed by atoms with Crippen LogP contribution in [-0.4, -0.2) is 54.0 Å². The molecule has 0 radical (unpaired) electrons. The summed E-state index contributed by atoms with van der Waals surface area (Å²) in [6.07, 6.45) is 2.02. The van der Waals surface area contributed by atoms with Gasteiger partial charge in [-0.2, -0.15) is 0 Å². The molecule has 5 rings (SSSR count). The Morgan fingerprint density at radius 3 is 2.52 bits per heavy atom. The molecule has 0 spiro atoms. The van der Waals surface area contributed by atoms with Gasteiger partial charge in [-0.15, -0.1) is 0 Å². The van der Waals surface area contributed by atoms with Gasteiger partial charge in [-0.25, -0.2) is 9.18 Å². The van der Waals surface area contributed by atoms with Gasteiger partial charge in [-0.05, 0) is 76.2 Å². The SMILES string of the molecule is COc1cc(C(=O)O)ccc1N(P)C(=O)[C@@H]1CN(CC2CC2)C(C(=O)Nc2cccc(Cl)c2)[C@H]1c1cccc(Cl)c1F. The van der Waals surface area contributed by atoms with Crippen molar-refractivity contribution in [3.8, 4) is 5.75 Å². The second-order valence-corrected chi connectivity index (χ2v) is 11.9. The van der Waals surface area contributed by atoms with Gasteiger partial charge in [0.2, 0.25) is 11.8 Å². The van der Waals surface area contributed by atoms with Crippen LogP contribution < -0.4 is 14.7 Å². The number of aromatic carboxylic acids is 1. The summed E-state index contributed by atoms with van der Waals surface area (Å²) < 4.78 is 22.4. The smallest absolute Gasteiger partial charge is 0.335 e. The number of halogens is 3. The zero-order valence-corrected chi connectivity index (χ0v) is 25.3. The van der Waals surface area contributed by atoms with E-state index in [0.717, 1.165) is 12.8 Å². The Hall–Kier alpha value is -3.23. The van der Waals surface area contributed by atoms with Crippen molar-refractivity contribution < 1.29 is 28.6 Å². The lowest BCUT2D eigenvalue weighted by molar-refractivity contribution is -0.121. The largest absolute Gasteiger partial charge is 0.495 e. The van der Waals surface area contributed by atoms with E-state index >= 15 is 4.39 Å². The third-order valence-electron chi connectivity index (χ3n) is 7.73. The molecule has 3 aromatic carbocycles. The first kappa shape index (κ1) is 30.2. The Bertz CT molecular complexity index is 1540. The van der Waals surface area contributed by atoms with Gasteiger partial charge >= 0.3 is 5.97 Å². The lowest BCUT2D eigenvalue weighted by Crippen LogP contribution is -2.43. The minimum Gasteiger partial charge on any atom is -0.495 e. The third kappa shape index (κ3) is 6.25. The molecule has 8 nitrogen and oxygen atoms in total. The van der Waals surface area contributed by atoms with E-state index in [1.807, 2.05) is 4.90 Å². The number of hydrogen-bond donors (Lipinski definition) is 2. The van der Waals surface area contributed by atoms with Crippen molar-refractivity contribution in [2.45, 2.75) is 24.8 Å².